The molecule has 0 amide bonds. The predicted octanol–water partition coefficient (Wildman–Crippen LogP) is 4.89. The maximum atomic E-state index is 10.1. The first-order chi connectivity index (χ1) is 10.3. The molecule has 1 unspecified atom stereocenters. The summed E-state index contributed by atoms with van der Waals surface area (Å²) < 4.78 is 0. The van der Waals surface area contributed by atoms with E-state index in [1.54, 1.807) is 0 Å². The van der Waals surface area contributed by atoms with Crippen LogP contribution >= 0.6 is 0 Å². The van der Waals surface area contributed by atoms with Crippen LogP contribution in [0.1, 0.15) is 57.6 Å². The van der Waals surface area contributed by atoms with Gasteiger partial charge in [-0.25, -0.2) is 0 Å². The number of para-hydroxylation sites is 1. The molecule has 1 heterocycles. The monoisotopic (exact) mass is 285 g/mol. The number of aliphatic hydroxyl groups is 1. The molecule has 0 bridgehead atoms. The first-order valence-corrected chi connectivity index (χ1v) is 8.32. The van der Waals surface area contributed by atoms with Crippen molar-refractivity contribution in [3.8, 4) is 0 Å². The van der Waals surface area contributed by atoms with E-state index in [0.29, 0.717) is 6.42 Å². The molecule has 2 heteroatoms. The average molecular weight is 285 g/mol. The molecule has 2 rings (SSSR count). The topological polar surface area (TPSA) is 33.1 Å². The van der Waals surface area contributed by atoms with E-state index in [-0.39, 0.29) is 6.10 Å². The van der Waals surface area contributed by atoms with Gasteiger partial charge in [-0.3, -0.25) is 4.98 Å². The van der Waals surface area contributed by atoms with Crippen molar-refractivity contribution in [3.05, 3.63) is 42.1 Å². The highest BCUT2D eigenvalue weighted by molar-refractivity contribution is 5.78. The predicted molar refractivity (Wildman–Crippen MR) is 89.4 cm³/mol. The second kappa shape index (κ2) is 8.78. The Labute approximate surface area is 128 Å². The third-order valence-corrected chi connectivity index (χ3v) is 3.99. The number of hydrogen-bond donors (Lipinski definition) is 1. The maximum absolute atomic E-state index is 10.1. The Morgan fingerprint density at radius 1 is 0.952 bits per heavy atom. The summed E-state index contributed by atoms with van der Waals surface area (Å²) in [5, 5.41) is 11.3. The normalized spacial score (nSPS) is 12.7. The number of unbranched alkanes of at least 4 members (excludes halogenated alkanes) is 5. The van der Waals surface area contributed by atoms with E-state index in [1.807, 2.05) is 24.3 Å². The third kappa shape index (κ3) is 5.47. The standard InChI is InChI=1S/C19H27NO/c1-2-3-4-5-6-7-11-18(21)15-17-14-13-16-10-8-9-12-19(16)20-17/h8-10,12-14,18,21H,2-7,11,15H2,1H3. The summed E-state index contributed by atoms with van der Waals surface area (Å²) in [5.74, 6) is 0. The Bertz CT molecular complexity index is 538. The van der Waals surface area contributed by atoms with Crippen LogP contribution in [0.25, 0.3) is 10.9 Å². The Morgan fingerprint density at radius 3 is 2.57 bits per heavy atom. The molecule has 1 N–H and O–H groups in total. The zero-order valence-electron chi connectivity index (χ0n) is 13.1. The lowest BCUT2D eigenvalue weighted by Crippen LogP contribution is -2.11. The number of hydrogen-bond acceptors (Lipinski definition) is 2. The van der Waals surface area contributed by atoms with Crippen LogP contribution in [0, 0.1) is 0 Å². The molecule has 1 aromatic carbocycles. The van der Waals surface area contributed by atoms with Crippen LogP contribution < -0.4 is 0 Å². The first-order valence-electron chi connectivity index (χ1n) is 8.32. The van der Waals surface area contributed by atoms with Crippen molar-refractivity contribution >= 4 is 10.9 Å². The summed E-state index contributed by atoms with van der Waals surface area (Å²) in [6.45, 7) is 2.24. The summed E-state index contributed by atoms with van der Waals surface area (Å²) in [4.78, 5) is 4.62. The minimum absolute atomic E-state index is 0.259. The highest BCUT2D eigenvalue weighted by Crippen LogP contribution is 2.15. The molecule has 1 atom stereocenters. The summed E-state index contributed by atoms with van der Waals surface area (Å²) in [6, 6.07) is 12.3. The Balaban J connectivity index is 1.74. The van der Waals surface area contributed by atoms with Crippen molar-refractivity contribution in [1.82, 2.24) is 4.98 Å². The zero-order chi connectivity index (χ0) is 14.9. The molecule has 2 nitrogen and oxygen atoms in total. The molecule has 0 aliphatic carbocycles. The van der Waals surface area contributed by atoms with Gasteiger partial charge in [0.15, 0.2) is 0 Å². The van der Waals surface area contributed by atoms with Crippen LogP contribution in [0.15, 0.2) is 36.4 Å². The Kier molecular flexibility index (Phi) is 6.68. The van der Waals surface area contributed by atoms with Gasteiger partial charge < -0.3 is 5.11 Å². The van der Waals surface area contributed by atoms with Crippen LogP contribution in [0.4, 0.5) is 0 Å². The van der Waals surface area contributed by atoms with Gasteiger partial charge in [0.1, 0.15) is 0 Å². The third-order valence-electron chi connectivity index (χ3n) is 3.99. The molecule has 0 saturated carbocycles. The van der Waals surface area contributed by atoms with Crippen molar-refractivity contribution in [2.75, 3.05) is 0 Å². The second-order valence-electron chi connectivity index (χ2n) is 5.91. The highest BCUT2D eigenvalue weighted by atomic mass is 16.3. The molecule has 0 spiro atoms. The van der Waals surface area contributed by atoms with Gasteiger partial charge in [0.2, 0.25) is 0 Å². The van der Waals surface area contributed by atoms with E-state index in [4.69, 9.17) is 0 Å². The number of nitrogens with zero attached hydrogens (tertiary/aromatic N) is 1. The van der Waals surface area contributed by atoms with E-state index < -0.39 is 0 Å². The van der Waals surface area contributed by atoms with Gasteiger partial charge in [-0.15, -0.1) is 0 Å². The maximum Gasteiger partial charge on any atom is 0.0705 e. The van der Waals surface area contributed by atoms with Gasteiger partial charge in [-0.05, 0) is 18.6 Å². The fraction of sp³-hybridized carbons (Fsp3) is 0.526. The molecule has 0 fully saturated rings. The molecule has 114 valence electrons. The van der Waals surface area contributed by atoms with Crippen LogP contribution in [-0.2, 0) is 6.42 Å². The summed E-state index contributed by atoms with van der Waals surface area (Å²) in [5.41, 5.74) is 2.01. The molecular weight excluding hydrogens is 258 g/mol. The first kappa shape index (κ1) is 16.0. The van der Waals surface area contributed by atoms with Crippen molar-refractivity contribution in [3.63, 3.8) is 0 Å². The number of benzene rings is 1. The van der Waals surface area contributed by atoms with Gasteiger partial charge in [-0.2, -0.15) is 0 Å². The van der Waals surface area contributed by atoms with Crippen molar-refractivity contribution in [1.29, 1.82) is 0 Å². The smallest absolute Gasteiger partial charge is 0.0705 e. The molecule has 0 aliphatic rings. The number of rotatable bonds is 9. The second-order valence-corrected chi connectivity index (χ2v) is 5.91. The number of fused-ring (bicyclic) bond motifs is 1. The fourth-order valence-electron chi connectivity index (χ4n) is 2.73. The van der Waals surface area contributed by atoms with Crippen molar-refractivity contribution in [2.45, 2.75) is 64.4 Å². The van der Waals surface area contributed by atoms with E-state index in [0.717, 1.165) is 29.4 Å². The largest absolute Gasteiger partial charge is 0.393 e. The van der Waals surface area contributed by atoms with E-state index in [1.165, 1.54) is 32.1 Å². The summed E-state index contributed by atoms with van der Waals surface area (Å²) in [6.07, 6.45) is 8.92. The fourth-order valence-corrected chi connectivity index (χ4v) is 2.73. The van der Waals surface area contributed by atoms with Gasteiger partial charge in [0.25, 0.3) is 0 Å². The van der Waals surface area contributed by atoms with Crippen LogP contribution in [0.2, 0.25) is 0 Å². The lowest BCUT2D eigenvalue weighted by Gasteiger charge is -2.10. The van der Waals surface area contributed by atoms with Gasteiger partial charge in [0.05, 0.1) is 11.6 Å². The molecule has 2 aromatic rings. The lowest BCUT2D eigenvalue weighted by atomic mass is 10.0. The molecule has 1 aromatic heterocycles. The van der Waals surface area contributed by atoms with Crippen molar-refractivity contribution in [2.24, 2.45) is 0 Å². The van der Waals surface area contributed by atoms with Gasteiger partial charge >= 0.3 is 0 Å². The van der Waals surface area contributed by atoms with Crippen molar-refractivity contribution < 1.29 is 5.11 Å². The zero-order valence-corrected chi connectivity index (χ0v) is 13.1. The highest BCUT2D eigenvalue weighted by Gasteiger charge is 2.07. The minimum atomic E-state index is -0.259. The molecule has 0 saturated heterocycles. The summed E-state index contributed by atoms with van der Waals surface area (Å²) >= 11 is 0. The Morgan fingerprint density at radius 2 is 1.71 bits per heavy atom. The van der Waals surface area contributed by atoms with Gasteiger partial charge in [0, 0.05) is 17.5 Å². The van der Waals surface area contributed by atoms with Crippen LogP contribution in [0.5, 0.6) is 0 Å². The SMILES string of the molecule is CCCCCCCCC(O)Cc1ccc2ccccc2n1. The number of aromatic nitrogens is 1. The van der Waals surface area contributed by atoms with E-state index >= 15 is 0 Å². The molecule has 0 aliphatic heterocycles. The molecule has 21 heavy (non-hydrogen) atoms. The van der Waals surface area contributed by atoms with E-state index in [2.05, 4.69) is 24.0 Å². The lowest BCUT2D eigenvalue weighted by molar-refractivity contribution is 0.160. The molecule has 0 radical (unpaired) electrons. The average Bonchev–Trinajstić information content (AvgIpc) is 2.50. The van der Waals surface area contributed by atoms with E-state index in [9.17, 15) is 5.11 Å². The molecular formula is C19H27NO. The summed E-state index contributed by atoms with van der Waals surface area (Å²) in [7, 11) is 0. The number of aliphatic hydroxyl groups excluding tert-OH is 1. The minimum Gasteiger partial charge on any atom is -0.393 e. The number of pyridine rings is 1. The van der Waals surface area contributed by atoms with Crippen LogP contribution in [0.3, 0.4) is 0 Å². The Hall–Kier alpha value is -1.41. The van der Waals surface area contributed by atoms with Gasteiger partial charge in [-0.1, -0.05) is 69.7 Å². The quantitative estimate of drug-likeness (QED) is 0.665. The van der Waals surface area contributed by atoms with Crippen LogP contribution in [-0.4, -0.2) is 16.2 Å².